The van der Waals surface area contributed by atoms with Gasteiger partial charge in [0.2, 0.25) is 0 Å². The molecule has 0 saturated carbocycles. The number of likely N-dealkylation sites (tertiary alicyclic amines) is 1. The second kappa shape index (κ2) is 7.52. The maximum absolute atomic E-state index is 12.9. The number of piperidine rings is 1. The van der Waals surface area contributed by atoms with Gasteiger partial charge in [0.15, 0.2) is 0 Å². The number of hydrogen-bond acceptors (Lipinski definition) is 5. The van der Waals surface area contributed by atoms with Gasteiger partial charge in [-0.3, -0.25) is 4.79 Å². The maximum Gasteiger partial charge on any atom is 0.254 e. The standard InChI is InChI=1S/C20H22N4O2S/c1-14-4-5-15(9-18(14)25)20(26)24-7-2-3-16(10-24)19-21-6-8-23(19)11-17-12-27-13-22-17/h4-6,8-9,12-13,16,25H,2-3,7,10-11H2,1H3/t16-/m0/s1. The quantitative estimate of drug-likeness (QED) is 0.750. The van der Waals surface area contributed by atoms with Gasteiger partial charge in [-0.05, 0) is 37.5 Å². The summed E-state index contributed by atoms with van der Waals surface area (Å²) in [5, 5.41) is 12.0. The van der Waals surface area contributed by atoms with E-state index in [1.807, 2.05) is 35.1 Å². The molecule has 0 aliphatic carbocycles. The topological polar surface area (TPSA) is 71.2 Å². The predicted molar refractivity (Wildman–Crippen MR) is 104 cm³/mol. The molecular formula is C20H22N4O2S. The Labute approximate surface area is 162 Å². The summed E-state index contributed by atoms with van der Waals surface area (Å²) in [6, 6.07) is 5.12. The summed E-state index contributed by atoms with van der Waals surface area (Å²) in [5.74, 6) is 1.34. The first-order chi connectivity index (χ1) is 13.1. The van der Waals surface area contributed by atoms with Crippen molar-refractivity contribution in [2.45, 2.75) is 32.2 Å². The second-order valence-electron chi connectivity index (χ2n) is 6.98. The first kappa shape index (κ1) is 17.7. The Kier molecular flexibility index (Phi) is 4.94. The number of hydrogen-bond donors (Lipinski definition) is 1. The third kappa shape index (κ3) is 3.73. The molecule has 1 N–H and O–H groups in total. The zero-order chi connectivity index (χ0) is 18.8. The molecule has 1 saturated heterocycles. The Hall–Kier alpha value is -2.67. The Balaban J connectivity index is 1.51. The van der Waals surface area contributed by atoms with Crippen LogP contribution in [0.5, 0.6) is 5.75 Å². The molecule has 0 unspecified atom stereocenters. The SMILES string of the molecule is Cc1ccc(C(=O)N2CCC[C@H](c3nccn3Cc3cscn3)C2)cc1O. The largest absolute Gasteiger partial charge is 0.508 e. The van der Waals surface area contributed by atoms with Gasteiger partial charge in [-0.25, -0.2) is 9.97 Å². The van der Waals surface area contributed by atoms with Gasteiger partial charge < -0.3 is 14.6 Å². The van der Waals surface area contributed by atoms with Crippen molar-refractivity contribution < 1.29 is 9.90 Å². The van der Waals surface area contributed by atoms with Crippen molar-refractivity contribution in [1.29, 1.82) is 0 Å². The lowest BCUT2D eigenvalue weighted by molar-refractivity contribution is 0.0703. The molecule has 3 aromatic rings. The van der Waals surface area contributed by atoms with Crippen molar-refractivity contribution >= 4 is 17.2 Å². The molecule has 0 radical (unpaired) electrons. The molecule has 1 aromatic carbocycles. The molecule has 0 spiro atoms. The van der Waals surface area contributed by atoms with Crippen molar-refractivity contribution in [1.82, 2.24) is 19.4 Å². The number of aromatic hydroxyl groups is 1. The van der Waals surface area contributed by atoms with E-state index in [2.05, 4.69) is 14.5 Å². The van der Waals surface area contributed by atoms with Crippen LogP contribution < -0.4 is 0 Å². The van der Waals surface area contributed by atoms with Crippen molar-refractivity contribution in [3.63, 3.8) is 0 Å². The fraction of sp³-hybridized carbons (Fsp3) is 0.350. The molecule has 7 heteroatoms. The van der Waals surface area contributed by atoms with Crippen molar-refractivity contribution in [3.05, 3.63) is 64.1 Å². The number of phenols is 1. The highest BCUT2D eigenvalue weighted by Crippen LogP contribution is 2.28. The highest BCUT2D eigenvalue weighted by atomic mass is 32.1. The van der Waals surface area contributed by atoms with E-state index >= 15 is 0 Å². The number of aromatic nitrogens is 3. The molecule has 1 aliphatic heterocycles. The molecule has 0 bridgehead atoms. The van der Waals surface area contributed by atoms with E-state index in [9.17, 15) is 9.90 Å². The lowest BCUT2D eigenvalue weighted by Crippen LogP contribution is -2.39. The third-order valence-corrected chi connectivity index (χ3v) is 5.73. The number of amides is 1. The average molecular weight is 382 g/mol. The summed E-state index contributed by atoms with van der Waals surface area (Å²) in [6.45, 7) is 3.90. The summed E-state index contributed by atoms with van der Waals surface area (Å²) in [7, 11) is 0. The van der Waals surface area contributed by atoms with E-state index < -0.39 is 0 Å². The average Bonchev–Trinajstić information content (AvgIpc) is 3.36. The molecule has 6 nitrogen and oxygen atoms in total. The number of carbonyl (C=O) groups excluding carboxylic acids is 1. The van der Waals surface area contributed by atoms with E-state index in [0.717, 1.165) is 36.5 Å². The first-order valence-corrected chi connectivity index (χ1v) is 10.0. The number of carbonyl (C=O) groups is 1. The van der Waals surface area contributed by atoms with Gasteiger partial charge in [0, 0.05) is 42.3 Å². The molecule has 2 aromatic heterocycles. The highest BCUT2D eigenvalue weighted by molar-refractivity contribution is 7.07. The molecule has 1 fully saturated rings. The predicted octanol–water partition coefficient (Wildman–Crippen LogP) is 3.42. The highest BCUT2D eigenvalue weighted by Gasteiger charge is 2.28. The number of benzene rings is 1. The molecule has 1 aliphatic rings. The molecule has 1 amide bonds. The van der Waals surface area contributed by atoms with Crippen LogP contribution in [0.15, 0.2) is 41.5 Å². The zero-order valence-electron chi connectivity index (χ0n) is 15.2. The molecule has 3 heterocycles. The fourth-order valence-corrected chi connectivity index (χ4v) is 4.15. The lowest BCUT2D eigenvalue weighted by Gasteiger charge is -2.32. The van der Waals surface area contributed by atoms with Crippen LogP contribution >= 0.6 is 11.3 Å². The van der Waals surface area contributed by atoms with Gasteiger partial charge in [0.1, 0.15) is 11.6 Å². The third-order valence-electron chi connectivity index (χ3n) is 5.09. The minimum absolute atomic E-state index is 0.0346. The number of aryl methyl sites for hydroxylation is 1. The molecule has 1 atom stereocenters. The molecular weight excluding hydrogens is 360 g/mol. The molecule has 27 heavy (non-hydrogen) atoms. The van der Waals surface area contributed by atoms with Crippen LogP contribution in [0, 0.1) is 6.92 Å². The van der Waals surface area contributed by atoms with Gasteiger partial charge >= 0.3 is 0 Å². The summed E-state index contributed by atoms with van der Waals surface area (Å²) < 4.78 is 2.13. The molecule has 140 valence electrons. The lowest BCUT2D eigenvalue weighted by atomic mass is 9.96. The van der Waals surface area contributed by atoms with Gasteiger partial charge in [0.25, 0.3) is 5.91 Å². The fourth-order valence-electron chi connectivity index (χ4n) is 3.60. The normalized spacial score (nSPS) is 17.2. The Bertz CT molecular complexity index is 935. The van der Waals surface area contributed by atoms with Crippen LogP contribution in [0.4, 0.5) is 0 Å². The van der Waals surface area contributed by atoms with E-state index in [4.69, 9.17) is 0 Å². The van der Waals surface area contributed by atoms with Crippen LogP contribution in [0.2, 0.25) is 0 Å². The number of rotatable bonds is 4. The van der Waals surface area contributed by atoms with Crippen LogP contribution in [0.3, 0.4) is 0 Å². The van der Waals surface area contributed by atoms with Crippen molar-refractivity contribution in [2.75, 3.05) is 13.1 Å². The number of phenolic OH excluding ortho intramolecular Hbond substituents is 1. The summed E-state index contributed by atoms with van der Waals surface area (Å²) in [4.78, 5) is 23.7. The number of thiazole rings is 1. The van der Waals surface area contributed by atoms with Crippen LogP contribution in [-0.4, -0.2) is 43.5 Å². The van der Waals surface area contributed by atoms with E-state index in [1.165, 1.54) is 0 Å². The van der Waals surface area contributed by atoms with Crippen molar-refractivity contribution in [2.24, 2.45) is 0 Å². The van der Waals surface area contributed by atoms with Gasteiger partial charge in [-0.2, -0.15) is 0 Å². The number of imidazole rings is 1. The van der Waals surface area contributed by atoms with E-state index in [0.29, 0.717) is 18.7 Å². The van der Waals surface area contributed by atoms with E-state index in [-0.39, 0.29) is 17.6 Å². The van der Waals surface area contributed by atoms with Gasteiger partial charge in [0.05, 0.1) is 17.7 Å². The minimum atomic E-state index is -0.0346. The van der Waals surface area contributed by atoms with Crippen LogP contribution in [0.1, 0.15) is 46.2 Å². The molecule has 4 rings (SSSR count). The monoisotopic (exact) mass is 382 g/mol. The van der Waals surface area contributed by atoms with Gasteiger partial charge in [-0.15, -0.1) is 11.3 Å². The Morgan fingerprint density at radius 3 is 3.04 bits per heavy atom. The smallest absolute Gasteiger partial charge is 0.254 e. The summed E-state index contributed by atoms with van der Waals surface area (Å²) >= 11 is 1.59. The van der Waals surface area contributed by atoms with Crippen LogP contribution in [-0.2, 0) is 6.54 Å². The first-order valence-electron chi connectivity index (χ1n) is 9.09. The zero-order valence-corrected chi connectivity index (χ0v) is 16.0. The van der Waals surface area contributed by atoms with Crippen LogP contribution in [0.25, 0.3) is 0 Å². The maximum atomic E-state index is 12.9. The van der Waals surface area contributed by atoms with Gasteiger partial charge in [-0.1, -0.05) is 6.07 Å². The number of nitrogens with zero attached hydrogens (tertiary/aromatic N) is 4. The Morgan fingerprint density at radius 1 is 1.37 bits per heavy atom. The Morgan fingerprint density at radius 2 is 2.26 bits per heavy atom. The summed E-state index contributed by atoms with van der Waals surface area (Å²) in [6.07, 6.45) is 5.75. The minimum Gasteiger partial charge on any atom is -0.508 e. The van der Waals surface area contributed by atoms with E-state index in [1.54, 1.807) is 29.5 Å². The second-order valence-corrected chi connectivity index (χ2v) is 7.70. The van der Waals surface area contributed by atoms with Crippen molar-refractivity contribution in [3.8, 4) is 5.75 Å². The summed E-state index contributed by atoms with van der Waals surface area (Å²) in [5.41, 5.74) is 4.17.